The smallest absolute Gasteiger partial charge is 0.321 e. The van der Waals surface area contributed by atoms with Crippen LogP contribution in [0.3, 0.4) is 0 Å². The first-order valence-corrected chi connectivity index (χ1v) is 10.2. The van der Waals surface area contributed by atoms with Crippen molar-refractivity contribution in [3.05, 3.63) is 82.1 Å². The maximum atomic E-state index is 13.1. The number of aromatic nitrogens is 2. The lowest BCUT2D eigenvalue weighted by Gasteiger charge is -2.16. The van der Waals surface area contributed by atoms with Crippen molar-refractivity contribution in [1.82, 2.24) is 9.55 Å². The second kappa shape index (κ2) is 7.72. The summed E-state index contributed by atoms with van der Waals surface area (Å²) in [5, 5.41) is 11.9. The topological polar surface area (TPSA) is 72.2 Å². The SMILES string of the molecule is CCn1c(SC(C(=O)O)c2cccc(C)c2)nc2cc3ccccc3cc2c1=O. The zero-order valence-corrected chi connectivity index (χ0v) is 16.9. The van der Waals surface area contributed by atoms with E-state index in [9.17, 15) is 14.7 Å². The molecule has 5 nitrogen and oxygen atoms in total. The average molecular weight is 404 g/mol. The molecule has 1 heterocycles. The third-order valence-electron chi connectivity index (χ3n) is 4.90. The van der Waals surface area contributed by atoms with E-state index >= 15 is 0 Å². The number of nitrogens with zero attached hydrogens (tertiary/aromatic N) is 2. The highest BCUT2D eigenvalue weighted by Gasteiger charge is 2.24. The van der Waals surface area contributed by atoms with Crippen LogP contribution in [0.15, 0.2) is 70.6 Å². The van der Waals surface area contributed by atoms with Crippen LogP contribution in [0.2, 0.25) is 0 Å². The molecule has 146 valence electrons. The van der Waals surface area contributed by atoms with Gasteiger partial charge in [0.15, 0.2) is 5.16 Å². The van der Waals surface area contributed by atoms with Crippen LogP contribution in [-0.2, 0) is 11.3 Å². The molecule has 0 aliphatic carbocycles. The molecule has 1 N–H and O–H groups in total. The fraction of sp³-hybridized carbons (Fsp3) is 0.174. The van der Waals surface area contributed by atoms with Crippen molar-refractivity contribution < 1.29 is 9.90 Å². The summed E-state index contributed by atoms with van der Waals surface area (Å²) in [5.41, 5.74) is 2.09. The molecule has 0 bridgehead atoms. The van der Waals surface area contributed by atoms with Crippen LogP contribution < -0.4 is 5.56 Å². The summed E-state index contributed by atoms with van der Waals surface area (Å²) in [6.45, 7) is 4.20. The molecule has 0 radical (unpaired) electrons. The Morgan fingerprint density at radius 1 is 1.10 bits per heavy atom. The Kier molecular flexibility index (Phi) is 5.11. The standard InChI is InChI=1S/C23H20N2O3S/c1-3-25-21(26)18-12-15-8-4-5-9-16(15)13-19(18)24-23(25)29-20(22(27)28)17-10-6-7-14(2)11-17/h4-13,20H,3H2,1-2H3,(H,27,28). The fourth-order valence-electron chi connectivity index (χ4n) is 3.46. The Bertz CT molecular complexity index is 1300. The Morgan fingerprint density at radius 3 is 2.48 bits per heavy atom. The summed E-state index contributed by atoms with van der Waals surface area (Å²) < 4.78 is 1.55. The quantitative estimate of drug-likeness (QED) is 0.294. The number of thioether (sulfide) groups is 1. The average Bonchev–Trinajstić information content (AvgIpc) is 2.71. The molecule has 4 rings (SSSR count). The predicted octanol–water partition coefficient (Wildman–Crippen LogP) is 4.80. The van der Waals surface area contributed by atoms with Crippen molar-refractivity contribution in [3.8, 4) is 0 Å². The molecule has 1 unspecified atom stereocenters. The number of aryl methyl sites for hydroxylation is 1. The predicted molar refractivity (Wildman–Crippen MR) is 117 cm³/mol. The Hall–Kier alpha value is -3.12. The molecule has 4 aromatic rings. The van der Waals surface area contributed by atoms with Crippen LogP contribution in [0, 0.1) is 6.92 Å². The van der Waals surface area contributed by atoms with Crippen molar-refractivity contribution in [2.24, 2.45) is 0 Å². The molecule has 0 amide bonds. The molecule has 0 aliphatic heterocycles. The lowest BCUT2D eigenvalue weighted by atomic mass is 10.1. The van der Waals surface area contributed by atoms with Gasteiger partial charge in [-0.1, -0.05) is 65.9 Å². The lowest BCUT2D eigenvalue weighted by Crippen LogP contribution is -2.23. The Labute approximate surface area is 172 Å². The normalized spacial score (nSPS) is 12.3. The second-order valence-electron chi connectivity index (χ2n) is 6.91. The maximum Gasteiger partial charge on any atom is 0.321 e. The van der Waals surface area contributed by atoms with Crippen LogP contribution >= 0.6 is 11.8 Å². The van der Waals surface area contributed by atoms with E-state index in [2.05, 4.69) is 4.98 Å². The summed E-state index contributed by atoms with van der Waals surface area (Å²) in [5.74, 6) is -0.962. The van der Waals surface area contributed by atoms with E-state index in [-0.39, 0.29) is 5.56 Å². The van der Waals surface area contributed by atoms with Crippen LogP contribution in [0.5, 0.6) is 0 Å². The van der Waals surface area contributed by atoms with Gasteiger partial charge in [-0.3, -0.25) is 14.2 Å². The van der Waals surface area contributed by atoms with Crippen LogP contribution in [0.25, 0.3) is 21.7 Å². The Balaban J connectivity index is 1.88. The third-order valence-corrected chi connectivity index (χ3v) is 6.13. The molecule has 0 saturated carbocycles. The van der Waals surface area contributed by atoms with Crippen LogP contribution in [0.1, 0.15) is 23.3 Å². The molecular weight excluding hydrogens is 384 g/mol. The number of carboxylic acids is 1. The second-order valence-corrected chi connectivity index (χ2v) is 7.98. The zero-order valence-electron chi connectivity index (χ0n) is 16.1. The molecule has 6 heteroatoms. The van der Waals surface area contributed by atoms with Crippen molar-refractivity contribution in [2.45, 2.75) is 30.8 Å². The minimum atomic E-state index is -0.962. The number of fused-ring (bicyclic) bond motifs is 2. The minimum absolute atomic E-state index is 0.154. The van der Waals surface area contributed by atoms with Crippen molar-refractivity contribution in [2.75, 3.05) is 0 Å². The number of benzene rings is 3. The number of hydrogen-bond donors (Lipinski definition) is 1. The first kappa shape index (κ1) is 19.2. The fourth-order valence-corrected chi connectivity index (χ4v) is 4.54. The first-order valence-electron chi connectivity index (χ1n) is 9.37. The molecule has 29 heavy (non-hydrogen) atoms. The molecule has 0 spiro atoms. The van der Waals surface area contributed by atoms with E-state index in [1.807, 2.05) is 68.4 Å². The Morgan fingerprint density at radius 2 is 1.83 bits per heavy atom. The monoisotopic (exact) mass is 404 g/mol. The molecule has 0 saturated heterocycles. The molecular formula is C23H20N2O3S. The summed E-state index contributed by atoms with van der Waals surface area (Å²) in [6.07, 6.45) is 0. The largest absolute Gasteiger partial charge is 0.480 e. The zero-order chi connectivity index (χ0) is 20.5. The minimum Gasteiger partial charge on any atom is -0.480 e. The highest BCUT2D eigenvalue weighted by atomic mass is 32.2. The molecule has 0 aliphatic rings. The number of hydrogen-bond acceptors (Lipinski definition) is 4. The van der Waals surface area contributed by atoms with Gasteiger partial charge >= 0.3 is 5.97 Å². The van der Waals surface area contributed by atoms with E-state index in [1.165, 1.54) is 0 Å². The first-order chi connectivity index (χ1) is 14.0. The van der Waals surface area contributed by atoms with Crippen molar-refractivity contribution in [1.29, 1.82) is 0 Å². The van der Waals surface area contributed by atoms with Crippen LogP contribution in [0.4, 0.5) is 0 Å². The van der Waals surface area contributed by atoms with E-state index in [1.54, 1.807) is 10.6 Å². The van der Waals surface area contributed by atoms with E-state index < -0.39 is 11.2 Å². The van der Waals surface area contributed by atoms with Gasteiger partial charge in [-0.25, -0.2) is 4.98 Å². The van der Waals surface area contributed by atoms with E-state index in [4.69, 9.17) is 0 Å². The number of rotatable bonds is 5. The van der Waals surface area contributed by atoms with Gasteiger partial charge in [0, 0.05) is 6.54 Å². The van der Waals surface area contributed by atoms with Gasteiger partial charge in [-0.05, 0) is 42.3 Å². The molecule has 3 aromatic carbocycles. The van der Waals surface area contributed by atoms with Crippen LogP contribution in [-0.4, -0.2) is 20.6 Å². The summed E-state index contributed by atoms with van der Waals surface area (Å²) in [6, 6.07) is 19.0. The number of aliphatic carboxylic acids is 1. The summed E-state index contributed by atoms with van der Waals surface area (Å²) >= 11 is 1.10. The number of carboxylic acid groups (broad SMARTS) is 1. The summed E-state index contributed by atoms with van der Waals surface area (Å²) in [7, 11) is 0. The van der Waals surface area contributed by atoms with Gasteiger partial charge in [0.05, 0.1) is 10.9 Å². The van der Waals surface area contributed by atoms with Gasteiger partial charge in [-0.2, -0.15) is 0 Å². The van der Waals surface area contributed by atoms with E-state index in [0.717, 1.165) is 28.1 Å². The van der Waals surface area contributed by atoms with Gasteiger partial charge in [0.1, 0.15) is 5.25 Å². The van der Waals surface area contributed by atoms with Crippen molar-refractivity contribution in [3.63, 3.8) is 0 Å². The molecule has 0 fully saturated rings. The van der Waals surface area contributed by atoms with Gasteiger partial charge < -0.3 is 5.11 Å². The molecule has 1 atom stereocenters. The highest BCUT2D eigenvalue weighted by molar-refractivity contribution is 8.00. The highest BCUT2D eigenvalue weighted by Crippen LogP contribution is 2.35. The van der Waals surface area contributed by atoms with E-state index in [0.29, 0.717) is 28.2 Å². The maximum absolute atomic E-state index is 13.1. The third kappa shape index (κ3) is 3.63. The van der Waals surface area contributed by atoms with Gasteiger partial charge in [-0.15, -0.1) is 0 Å². The van der Waals surface area contributed by atoms with Gasteiger partial charge in [0.25, 0.3) is 5.56 Å². The van der Waals surface area contributed by atoms with Gasteiger partial charge in [0.2, 0.25) is 0 Å². The molecule has 1 aromatic heterocycles. The lowest BCUT2D eigenvalue weighted by molar-refractivity contribution is -0.136. The summed E-state index contributed by atoms with van der Waals surface area (Å²) in [4.78, 5) is 29.8. The van der Waals surface area contributed by atoms with Crippen molar-refractivity contribution >= 4 is 39.4 Å². The number of carbonyl (C=O) groups is 1.